The van der Waals surface area contributed by atoms with Gasteiger partial charge in [-0.15, -0.1) is 0 Å². The Hall–Kier alpha value is -2.82. The van der Waals surface area contributed by atoms with Crippen LogP contribution in [0.2, 0.25) is 0 Å². The van der Waals surface area contributed by atoms with Crippen LogP contribution in [0, 0.1) is 6.92 Å². The van der Waals surface area contributed by atoms with Gasteiger partial charge in [0.25, 0.3) is 5.91 Å². The number of nitrogens with one attached hydrogen (secondary N) is 1. The number of H-pyrrole nitrogens is 1. The Kier molecular flexibility index (Phi) is 3.69. The van der Waals surface area contributed by atoms with Crippen molar-refractivity contribution in [1.29, 1.82) is 0 Å². The highest BCUT2D eigenvalue weighted by Crippen LogP contribution is 2.19. The molecule has 1 fully saturated rings. The smallest absolute Gasteiger partial charge is 0.270 e. The molecule has 1 aromatic carbocycles. The number of anilines is 1. The average molecular weight is 320 g/mol. The van der Waals surface area contributed by atoms with Crippen LogP contribution < -0.4 is 4.90 Å². The maximum absolute atomic E-state index is 12.8. The van der Waals surface area contributed by atoms with Crippen molar-refractivity contribution >= 4 is 22.6 Å². The van der Waals surface area contributed by atoms with E-state index >= 15 is 0 Å². The number of rotatable bonds is 2. The average Bonchev–Trinajstić information content (AvgIpc) is 3.05. The number of aromatic amines is 1. The molecule has 5 nitrogen and oxygen atoms in total. The Labute approximate surface area is 140 Å². The van der Waals surface area contributed by atoms with Crippen LogP contribution in [0.5, 0.6) is 0 Å². The number of aryl methyl sites for hydroxylation is 1. The number of hydrogen-bond donors (Lipinski definition) is 1. The molecule has 0 radical (unpaired) electrons. The summed E-state index contributed by atoms with van der Waals surface area (Å²) in [6.07, 6.45) is 1.80. The van der Waals surface area contributed by atoms with Gasteiger partial charge in [-0.1, -0.05) is 18.2 Å². The lowest BCUT2D eigenvalue weighted by atomic mass is 10.2. The van der Waals surface area contributed by atoms with Crippen molar-refractivity contribution in [2.24, 2.45) is 0 Å². The minimum absolute atomic E-state index is 0.0736. The van der Waals surface area contributed by atoms with Crippen molar-refractivity contribution in [2.75, 3.05) is 31.1 Å². The van der Waals surface area contributed by atoms with E-state index in [2.05, 4.69) is 40.0 Å². The standard InChI is InChI=1S/C19H20N4O/c1-14-5-6-15-13-17(21-16(15)12-14)19(24)23-10-8-22(9-11-23)18-4-2-3-7-20-18/h2-7,12-13,21H,8-11H2,1H3. The first kappa shape index (κ1) is 14.8. The van der Waals surface area contributed by atoms with Crippen molar-refractivity contribution in [3.05, 3.63) is 59.9 Å². The van der Waals surface area contributed by atoms with E-state index in [-0.39, 0.29) is 5.91 Å². The fourth-order valence-corrected chi connectivity index (χ4v) is 3.21. The molecule has 122 valence electrons. The Morgan fingerprint density at radius 2 is 1.92 bits per heavy atom. The fourth-order valence-electron chi connectivity index (χ4n) is 3.21. The normalized spacial score (nSPS) is 15.0. The molecule has 1 aliphatic rings. The quantitative estimate of drug-likeness (QED) is 0.790. The van der Waals surface area contributed by atoms with Crippen LogP contribution in [0.15, 0.2) is 48.7 Å². The van der Waals surface area contributed by atoms with Crippen LogP contribution in [-0.2, 0) is 0 Å². The first-order valence-corrected chi connectivity index (χ1v) is 8.25. The molecule has 0 bridgehead atoms. The van der Waals surface area contributed by atoms with E-state index < -0.39 is 0 Å². The number of benzene rings is 1. The number of hydrogen-bond acceptors (Lipinski definition) is 3. The first-order valence-electron chi connectivity index (χ1n) is 8.25. The van der Waals surface area contributed by atoms with Gasteiger partial charge in [0.05, 0.1) is 0 Å². The van der Waals surface area contributed by atoms with Crippen molar-refractivity contribution in [3.63, 3.8) is 0 Å². The van der Waals surface area contributed by atoms with Crippen molar-refractivity contribution < 1.29 is 4.79 Å². The summed E-state index contributed by atoms with van der Waals surface area (Å²) in [6.45, 7) is 5.09. The topological polar surface area (TPSA) is 52.2 Å². The molecule has 3 aromatic rings. The van der Waals surface area contributed by atoms with Crippen LogP contribution in [0.4, 0.5) is 5.82 Å². The van der Waals surface area contributed by atoms with Gasteiger partial charge in [-0.3, -0.25) is 4.79 Å². The molecular weight excluding hydrogens is 300 g/mol. The zero-order chi connectivity index (χ0) is 16.5. The summed E-state index contributed by atoms with van der Waals surface area (Å²) in [4.78, 5) is 24.5. The fraction of sp³-hybridized carbons (Fsp3) is 0.263. The van der Waals surface area contributed by atoms with E-state index in [0.717, 1.165) is 29.8 Å². The highest BCUT2D eigenvalue weighted by Gasteiger charge is 2.23. The Bertz CT molecular complexity index is 863. The monoisotopic (exact) mass is 320 g/mol. The number of carbonyl (C=O) groups excluding carboxylic acids is 1. The summed E-state index contributed by atoms with van der Waals surface area (Å²) < 4.78 is 0. The minimum Gasteiger partial charge on any atom is -0.353 e. The highest BCUT2D eigenvalue weighted by molar-refractivity contribution is 5.98. The number of fused-ring (bicyclic) bond motifs is 1. The molecule has 1 N–H and O–H groups in total. The van der Waals surface area contributed by atoms with Gasteiger partial charge in [-0.05, 0) is 36.8 Å². The number of aromatic nitrogens is 2. The number of carbonyl (C=O) groups is 1. The Morgan fingerprint density at radius 3 is 2.67 bits per heavy atom. The maximum Gasteiger partial charge on any atom is 0.270 e. The molecule has 1 aliphatic heterocycles. The van der Waals surface area contributed by atoms with Gasteiger partial charge in [0, 0.05) is 43.3 Å². The lowest BCUT2D eigenvalue weighted by molar-refractivity contribution is 0.0741. The molecule has 0 spiro atoms. The van der Waals surface area contributed by atoms with Crippen molar-refractivity contribution in [1.82, 2.24) is 14.9 Å². The predicted octanol–water partition coefficient (Wildman–Crippen LogP) is 2.83. The van der Waals surface area contributed by atoms with Gasteiger partial charge in [0.15, 0.2) is 0 Å². The molecular formula is C19H20N4O. The third-order valence-electron chi connectivity index (χ3n) is 4.55. The van der Waals surface area contributed by atoms with Crippen molar-refractivity contribution in [2.45, 2.75) is 6.92 Å². The van der Waals surface area contributed by atoms with E-state index in [4.69, 9.17) is 0 Å². The predicted molar refractivity (Wildman–Crippen MR) is 95.4 cm³/mol. The van der Waals surface area contributed by atoms with E-state index in [9.17, 15) is 4.79 Å². The van der Waals surface area contributed by atoms with E-state index in [1.807, 2.05) is 29.2 Å². The molecule has 4 rings (SSSR count). The molecule has 1 amide bonds. The molecule has 0 saturated carbocycles. The highest BCUT2D eigenvalue weighted by atomic mass is 16.2. The van der Waals surface area contributed by atoms with Crippen LogP contribution in [0.25, 0.3) is 10.9 Å². The minimum atomic E-state index is 0.0736. The summed E-state index contributed by atoms with van der Waals surface area (Å²) in [5, 5.41) is 1.08. The van der Waals surface area contributed by atoms with Gasteiger partial charge < -0.3 is 14.8 Å². The summed E-state index contributed by atoms with van der Waals surface area (Å²) in [6, 6.07) is 14.1. The third-order valence-corrected chi connectivity index (χ3v) is 4.55. The molecule has 0 unspecified atom stereocenters. The SMILES string of the molecule is Cc1ccc2cc(C(=O)N3CCN(c4ccccn4)CC3)[nH]c2c1. The number of amides is 1. The van der Waals surface area contributed by atoms with Crippen LogP contribution >= 0.6 is 0 Å². The molecule has 0 atom stereocenters. The van der Waals surface area contributed by atoms with Crippen LogP contribution in [0.1, 0.15) is 16.1 Å². The summed E-state index contributed by atoms with van der Waals surface area (Å²) >= 11 is 0. The summed E-state index contributed by atoms with van der Waals surface area (Å²) in [7, 11) is 0. The largest absolute Gasteiger partial charge is 0.353 e. The molecule has 0 aliphatic carbocycles. The van der Waals surface area contributed by atoms with Gasteiger partial charge in [0.1, 0.15) is 11.5 Å². The zero-order valence-corrected chi connectivity index (χ0v) is 13.7. The lowest BCUT2D eigenvalue weighted by Gasteiger charge is -2.35. The second-order valence-electron chi connectivity index (χ2n) is 6.24. The Balaban J connectivity index is 1.47. The van der Waals surface area contributed by atoms with E-state index in [0.29, 0.717) is 18.8 Å². The Morgan fingerprint density at radius 1 is 1.08 bits per heavy atom. The molecule has 2 aromatic heterocycles. The lowest BCUT2D eigenvalue weighted by Crippen LogP contribution is -2.49. The zero-order valence-electron chi connectivity index (χ0n) is 13.7. The van der Waals surface area contributed by atoms with Gasteiger partial charge in [-0.25, -0.2) is 4.98 Å². The second-order valence-corrected chi connectivity index (χ2v) is 6.24. The van der Waals surface area contributed by atoms with E-state index in [1.165, 1.54) is 5.56 Å². The molecule has 3 heterocycles. The summed E-state index contributed by atoms with van der Waals surface area (Å²) in [5.41, 5.74) is 2.87. The molecule has 5 heteroatoms. The van der Waals surface area contributed by atoms with Gasteiger partial charge >= 0.3 is 0 Å². The van der Waals surface area contributed by atoms with Gasteiger partial charge in [-0.2, -0.15) is 0 Å². The molecule has 1 saturated heterocycles. The van der Waals surface area contributed by atoms with Crippen LogP contribution in [-0.4, -0.2) is 47.0 Å². The second kappa shape index (κ2) is 6.00. The van der Waals surface area contributed by atoms with Gasteiger partial charge in [0.2, 0.25) is 0 Å². The van der Waals surface area contributed by atoms with E-state index in [1.54, 1.807) is 6.20 Å². The summed E-state index contributed by atoms with van der Waals surface area (Å²) in [5.74, 6) is 1.05. The van der Waals surface area contributed by atoms with Crippen molar-refractivity contribution in [3.8, 4) is 0 Å². The third kappa shape index (κ3) is 2.73. The maximum atomic E-state index is 12.8. The number of pyridine rings is 1. The number of nitrogens with zero attached hydrogens (tertiary/aromatic N) is 3. The first-order chi connectivity index (χ1) is 11.7. The van der Waals surface area contributed by atoms with Crippen LogP contribution in [0.3, 0.4) is 0 Å². The molecule has 24 heavy (non-hydrogen) atoms. The number of piperazine rings is 1.